The first-order valence-corrected chi connectivity index (χ1v) is 13.0. The third-order valence-electron chi connectivity index (χ3n) is 7.54. The number of fused-ring (bicyclic) bond motifs is 6. The molecule has 0 N–H and O–H groups in total. The standard InChI is InChI=1S/C35H22N4/c1-3-9-27-23(7-1)13-17-32-34(27)29-21-25(14-16-31(29)39(32)33-11-5-6-19-36-33)30-15-12-26(22-38-30)35-28-10-4-2-8-24(28)18-20-37-35/h1-22H. The predicted octanol–water partition coefficient (Wildman–Crippen LogP) is 8.61. The Kier molecular flexibility index (Phi) is 4.79. The summed E-state index contributed by atoms with van der Waals surface area (Å²) in [6, 6.07) is 40.2. The molecule has 4 heteroatoms. The molecule has 4 nitrogen and oxygen atoms in total. The maximum atomic E-state index is 4.89. The van der Waals surface area contributed by atoms with Gasteiger partial charge >= 0.3 is 0 Å². The minimum Gasteiger partial charge on any atom is -0.294 e. The lowest BCUT2D eigenvalue weighted by molar-refractivity contribution is 1.08. The number of nitrogens with zero attached hydrogens (tertiary/aromatic N) is 4. The summed E-state index contributed by atoms with van der Waals surface area (Å²) in [4.78, 5) is 14.2. The van der Waals surface area contributed by atoms with Crippen molar-refractivity contribution < 1.29 is 0 Å². The van der Waals surface area contributed by atoms with E-state index in [1.807, 2.05) is 36.8 Å². The summed E-state index contributed by atoms with van der Waals surface area (Å²) in [7, 11) is 0. The normalized spacial score (nSPS) is 11.6. The number of benzene rings is 4. The van der Waals surface area contributed by atoms with E-state index in [2.05, 4.69) is 112 Å². The van der Waals surface area contributed by atoms with Crippen LogP contribution in [0.15, 0.2) is 134 Å². The molecule has 0 saturated heterocycles. The highest BCUT2D eigenvalue weighted by Crippen LogP contribution is 2.38. The highest BCUT2D eigenvalue weighted by molar-refractivity contribution is 6.21. The number of hydrogen-bond acceptors (Lipinski definition) is 3. The van der Waals surface area contributed by atoms with Gasteiger partial charge in [0, 0.05) is 45.9 Å². The van der Waals surface area contributed by atoms with E-state index in [1.165, 1.54) is 26.9 Å². The summed E-state index contributed by atoms with van der Waals surface area (Å²) in [6.45, 7) is 0. The Bertz CT molecular complexity index is 2160. The Hall–Kier alpha value is -5.35. The van der Waals surface area contributed by atoms with Crippen molar-refractivity contribution in [3.8, 4) is 28.3 Å². The van der Waals surface area contributed by atoms with Crippen LogP contribution in [0.25, 0.3) is 71.7 Å². The topological polar surface area (TPSA) is 43.6 Å². The van der Waals surface area contributed by atoms with Crippen molar-refractivity contribution in [3.63, 3.8) is 0 Å². The van der Waals surface area contributed by atoms with Gasteiger partial charge in [0.05, 0.1) is 22.4 Å². The molecule has 0 aliphatic heterocycles. The van der Waals surface area contributed by atoms with Crippen LogP contribution in [0, 0.1) is 0 Å². The highest BCUT2D eigenvalue weighted by Gasteiger charge is 2.16. The van der Waals surface area contributed by atoms with Gasteiger partial charge in [0.25, 0.3) is 0 Å². The van der Waals surface area contributed by atoms with Crippen LogP contribution in [0.1, 0.15) is 0 Å². The average molecular weight is 499 g/mol. The Labute approximate surface area is 224 Å². The van der Waals surface area contributed by atoms with Crippen molar-refractivity contribution >= 4 is 43.4 Å². The lowest BCUT2D eigenvalue weighted by Crippen LogP contribution is -1.96. The molecule has 0 aliphatic carbocycles. The fraction of sp³-hybridized carbons (Fsp3) is 0. The molecule has 0 spiro atoms. The molecule has 8 aromatic rings. The third kappa shape index (κ3) is 3.42. The molecule has 0 amide bonds. The maximum absolute atomic E-state index is 4.89. The quantitative estimate of drug-likeness (QED) is 0.245. The summed E-state index contributed by atoms with van der Waals surface area (Å²) >= 11 is 0. The molecule has 4 heterocycles. The van der Waals surface area contributed by atoms with E-state index in [4.69, 9.17) is 4.98 Å². The predicted molar refractivity (Wildman–Crippen MR) is 160 cm³/mol. The molecule has 39 heavy (non-hydrogen) atoms. The van der Waals surface area contributed by atoms with Gasteiger partial charge in [0.15, 0.2) is 0 Å². The van der Waals surface area contributed by atoms with Crippen molar-refractivity contribution in [1.82, 2.24) is 19.5 Å². The fourth-order valence-electron chi connectivity index (χ4n) is 5.74. The van der Waals surface area contributed by atoms with Gasteiger partial charge in [-0.1, -0.05) is 66.7 Å². The minimum atomic E-state index is 0.908. The number of hydrogen-bond donors (Lipinski definition) is 0. The molecule has 0 saturated carbocycles. The third-order valence-corrected chi connectivity index (χ3v) is 7.54. The summed E-state index contributed by atoms with van der Waals surface area (Å²) in [6.07, 6.45) is 5.64. The van der Waals surface area contributed by atoms with Gasteiger partial charge < -0.3 is 0 Å². The van der Waals surface area contributed by atoms with Crippen molar-refractivity contribution in [2.75, 3.05) is 0 Å². The smallest absolute Gasteiger partial charge is 0.137 e. The molecule has 4 aromatic heterocycles. The number of rotatable bonds is 3. The van der Waals surface area contributed by atoms with E-state index >= 15 is 0 Å². The van der Waals surface area contributed by atoms with Crippen LogP contribution < -0.4 is 0 Å². The zero-order chi connectivity index (χ0) is 25.8. The molecule has 8 rings (SSSR count). The molecule has 4 aromatic carbocycles. The fourth-order valence-corrected chi connectivity index (χ4v) is 5.74. The zero-order valence-corrected chi connectivity index (χ0v) is 21.0. The van der Waals surface area contributed by atoms with Gasteiger partial charge in [-0.25, -0.2) is 4.98 Å². The zero-order valence-electron chi connectivity index (χ0n) is 21.0. The first-order valence-electron chi connectivity index (χ1n) is 13.0. The molecule has 0 atom stereocenters. The largest absolute Gasteiger partial charge is 0.294 e. The number of aromatic nitrogens is 4. The van der Waals surface area contributed by atoms with Gasteiger partial charge in [-0.05, 0) is 64.7 Å². The molecule has 0 radical (unpaired) electrons. The van der Waals surface area contributed by atoms with Gasteiger partial charge in [-0.3, -0.25) is 14.5 Å². The molecule has 0 unspecified atom stereocenters. The van der Waals surface area contributed by atoms with E-state index in [-0.39, 0.29) is 0 Å². The molecule has 0 fully saturated rings. The van der Waals surface area contributed by atoms with E-state index in [0.717, 1.165) is 44.8 Å². The second kappa shape index (κ2) is 8.61. The van der Waals surface area contributed by atoms with Crippen LogP contribution in [0.4, 0.5) is 0 Å². The summed E-state index contributed by atoms with van der Waals surface area (Å²) in [5, 5.41) is 7.18. The van der Waals surface area contributed by atoms with Crippen LogP contribution >= 0.6 is 0 Å². The van der Waals surface area contributed by atoms with Crippen molar-refractivity contribution in [3.05, 3.63) is 134 Å². The monoisotopic (exact) mass is 498 g/mol. The van der Waals surface area contributed by atoms with Crippen molar-refractivity contribution in [2.45, 2.75) is 0 Å². The average Bonchev–Trinajstić information content (AvgIpc) is 3.35. The van der Waals surface area contributed by atoms with E-state index in [9.17, 15) is 0 Å². The van der Waals surface area contributed by atoms with Crippen LogP contribution in [-0.4, -0.2) is 19.5 Å². The summed E-state index contributed by atoms with van der Waals surface area (Å²) in [5.41, 5.74) is 6.24. The van der Waals surface area contributed by atoms with Gasteiger partial charge in [0.1, 0.15) is 5.82 Å². The van der Waals surface area contributed by atoms with E-state index in [1.54, 1.807) is 0 Å². The van der Waals surface area contributed by atoms with Crippen LogP contribution in [-0.2, 0) is 0 Å². The minimum absolute atomic E-state index is 0.908. The second-order valence-electron chi connectivity index (χ2n) is 9.75. The summed E-state index contributed by atoms with van der Waals surface area (Å²) in [5.74, 6) is 0.908. The lowest BCUT2D eigenvalue weighted by atomic mass is 10.0. The van der Waals surface area contributed by atoms with Gasteiger partial charge in [0.2, 0.25) is 0 Å². The highest BCUT2D eigenvalue weighted by atomic mass is 15.1. The van der Waals surface area contributed by atoms with Crippen molar-refractivity contribution in [1.29, 1.82) is 0 Å². The van der Waals surface area contributed by atoms with Crippen LogP contribution in [0.3, 0.4) is 0 Å². The summed E-state index contributed by atoms with van der Waals surface area (Å²) < 4.78 is 2.25. The second-order valence-corrected chi connectivity index (χ2v) is 9.75. The maximum Gasteiger partial charge on any atom is 0.137 e. The Morgan fingerprint density at radius 3 is 2.08 bits per heavy atom. The van der Waals surface area contributed by atoms with Crippen LogP contribution in [0.5, 0.6) is 0 Å². The Morgan fingerprint density at radius 2 is 1.26 bits per heavy atom. The lowest BCUT2D eigenvalue weighted by Gasteiger charge is -2.08. The van der Waals surface area contributed by atoms with E-state index < -0.39 is 0 Å². The van der Waals surface area contributed by atoms with E-state index in [0.29, 0.717) is 0 Å². The van der Waals surface area contributed by atoms with Gasteiger partial charge in [-0.2, -0.15) is 0 Å². The van der Waals surface area contributed by atoms with Crippen LogP contribution in [0.2, 0.25) is 0 Å². The SMILES string of the molecule is c1ccc(-n2c3ccc(-c4ccc(-c5nccc6ccccc56)cn4)cc3c3c4ccccc4ccc32)nc1. The van der Waals surface area contributed by atoms with Gasteiger partial charge in [-0.15, -0.1) is 0 Å². The number of pyridine rings is 3. The Morgan fingerprint density at radius 1 is 0.487 bits per heavy atom. The first-order chi connectivity index (χ1) is 19.3. The van der Waals surface area contributed by atoms with Crippen molar-refractivity contribution in [2.24, 2.45) is 0 Å². The molecule has 0 bridgehead atoms. The molecule has 0 aliphatic rings. The molecule has 182 valence electrons. The Balaban J connectivity index is 1.32. The first kappa shape index (κ1) is 21.7. The molecular formula is C35H22N4. The molecular weight excluding hydrogens is 476 g/mol.